The van der Waals surface area contributed by atoms with Crippen molar-refractivity contribution in [2.75, 3.05) is 20.3 Å². The number of carbonyl (C=O) groups excluding carboxylic acids is 2. The predicted octanol–water partition coefficient (Wildman–Crippen LogP) is 2.79. The monoisotopic (exact) mass is 556 g/mol. The Morgan fingerprint density at radius 3 is 2.60 bits per heavy atom. The van der Waals surface area contributed by atoms with E-state index in [2.05, 4.69) is 12.2 Å². The molecule has 0 spiro atoms. The number of aliphatic hydroxyl groups excluding tert-OH is 3. The quantitative estimate of drug-likeness (QED) is 0.260. The second kappa shape index (κ2) is 13.8. The predicted molar refractivity (Wildman–Crippen MR) is 147 cm³/mol. The van der Waals surface area contributed by atoms with E-state index in [0.29, 0.717) is 34.6 Å². The Balaban J connectivity index is 1.72. The molecule has 2 aliphatic rings. The van der Waals surface area contributed by atoms with Gasteiger partial charge in [-0.1, -0.05) is 32.6 Å². The van der Waals surface area contributed by atoms with E-state index in [-0.39, 0.29) is 32.2 Å². The summed E-state index contributed by atoms with van der Waals surface area (Å²) >= 11 is 0. The second-order valence-electron chi connectivity index (χ2n) is 10.3. The molecule has 10 nitrogen and oxygen atoms in total. The number of rotatable bonds is 14. The third kappa shape index (κ3) is 6.35. The van der Waals surface area contributed by atoms with Crippen LogP contribution in [-0.2, 0) is 22.7 Å². The van der Waals surface area contributed by atoms with Gasteiger partial charge in [-0.25, -0.2) is 0 Å². The highest BCUT2D eigenvalue weighted by atomic mass is 16.5. The van der Waals surface area contributed by atoms with Gasteiger partial charge in [0, 0.05) is 36.2 Å². The minimum Gasteiger partial charge on any atom is -0.493 e. The fourth-order valence-electron chi connectivity index (χ4n) is 5.58. The lowest BCUT2D eigenvalue weighted by atomic mass is 9.77. The van der Waals surface area contributed by atoms with E-state index in [1.165, 1.54) is 13.4 Å². The van der Waals surface area contributed by atoms with Crippen molar-refractivity contribution >= 4 is 11.8 Å². The van der Waals surface area contributed by atoms with Crippen LogP contribution in [-0.4, -0.2) is 70.5 Å². The summed E-state index contributed by atoms with van der Waals surface area (Å²) in [6.45, 7) is 1.89. The van der Waals surface area contributed by atoms with Crippen LogP contribution in [0.2, 0.25) is 0 Å². The number of fused-ring (bicyclic) bond motifs is 3. The number of nitrogens with one attached hydrogen (secondary N) is 1. The minimum atomic E-state index is -1.16. The lowest BCUT2D eigenvalue weighted by Crippen LogP contribution is -2.55. The zero-order valence-corrected chi connectivity index (χ0v) is 23.2. The second-order valence-corrected chi connectivity index (χ2v) is 10.3. The van der Waals surface area contributed by atoms with Crippen LogP contribution in [0.1, 0.15) is 68.1 Å². The Kier molecular flexibility index (Phi) is 10.2. The molecule has 0 bridgehead atoms. The van der Waals surface area contributed by atoms with Crippen LogP contribution in [0.5, 0.6) is 11.5 Å². The van der Waals surface area contributed by atoms with Crippen molar-refractivity contribution < 1.29 is 38.8 Å². The number of hydrogen-bond acceptors (Lipinski definition) is 8. The average molecular weight is 557 g/mol. The Bertz CT molecular complexity index is 1180. The number of amides is 2. The largest absolute Gasteiger partial charge is 0.493 e. The highest BCUT2D eigenvalue weighted by molar-refractivity contribution is 5.96. The van der Waals surface area contributed by atoms with Crippen LogP contribution >= 0.6 is 0 Å². The smallest absolute Gasteiger partial charge is 0.247 e. The summed E-state index contributed by atoms with van der Waals surface area (Å²) in [4.78, 5) is 28.6. The molecule has 1 aliphatic heterocycles. The first-order valence-electron chi connectivity index (χ1n) is 14.0. The molecular weight excluding hydrogens is 516 g/mol. The first-order valence-corrected chi connectivity index (χ1v) is 14.0. The van der Waals surface area contributed by atoms with Crippen LogP contribution in [0.25, 0.3) is 0 Å². The van der Waals surface area contributed by atoms with Gasteiger partial charge in [0.05, 0.1) is 44.8 Å². The lowest BCUT2D eigenvalue weighted by Gasteiger charge is -2.40. The molecule has 218 valence electrons. The zero-order chi connectivity index (χ0) is 28.6. The summed E-state index contributed by atoms with van der Waals surface area (Å²) in [7, 11) is 1.48. The maximum atomic E-state index is 13.6. The number of furan rings is 1. The number of methoxy groups -OCH3 is 1. The van der Waals surface area contributed by atoms with E-state index in [4.69, 9.17) is 13.9 Å². The van der Waals surface area contributed by atoms with Gasteiger partial charge in [-0.05, 0) is 36.3 Å². The van der Waals surface area contributed by atoms with Crippen molar-refractivity contribution in [3.8, 4) is 11.5 Å². The van der Waals surface area contributed by atoms with Gasteiger partial charge in [0.25, 0.3) is 0 Å². The highest BCUT2D eigenvalue weighted by Gasteiger charge is 2.51. The third-order valence-electron chi connectivity index (χ3n) is 7.60. The Morgan fingerprint density at radius 2 is 1.93 bits per heavy atom. The van der Waals surface area contributed by atoms with E-state index in [9.17, 15) is 24.9 Å². The summed E-state index contributed by atoms with van der Waals surface area (Å²) in [5.41, 5.74) is 2.27. The molecule has 2 aromatic rings. The number of aliphatic hydroxyl groups is 3. The Labute approximate surface area is 234 Å². The number of ether oxygens (including phenoxy) is 2. The van der Waals surface area contributed by atoms with Gasteiger partial charge in [-0.3, -0.25) is 9.59 Å². The van der Waals surface area contributed by atoms with E-state index in [1.807, 2.05) is 0 Å². The van der Waals surface area contributed by atoms with Crippen LogP contribution in [0, 0.1) is 0 Å². The molecule has 2 amide bonds. The minimum absolute atomic E-state index is 0.0456. The molecule has 0 saturated carbocycles. The first-order chi connectivity index (χ1) is 19.4. The maximum Gasteiger partial charge on any atom is 0.247 e. The molecule has 4 rings (SSSR count). The number of unbranched alkanes of at least 4 members (excludes halogenated alkanes) is 4. The van der Waals surface area contributed by atoms with Crippen molar-refractivity contribution in [1.82, 2.24) is 10.2 Å². The van der Waals surface area contributed by atoms with Gasteiger partial charge in [0.2, 0.25) is 11.8 Å². The van der Waals surface area contributed by atoms with Crippen LogP contribution < -0.4 is 14.8 Å². The summed E-state index contributed by atoms with van der Waals surface area (Å²) in [6.07, 6.45) is 7.94. The summed E-state index contributed by atoms with van der Waals surface area (Å²) in [6, 6.07) is 4.31. The number of benzene rings is 1. The van der Waals surface area contributed by atoms with Crippen molar-refractivity contribution in [2.45, 2.75) is 82.8 Å². The molecule has 4 N–H and O–H groups in total. The topological polar surface area (TPSA) is 142 Å². The number of hydrogen-bond donors (Lipinski definition) is 4. The molecule has 4 atom stereocenters. The van der Waals surface area contributed by atoms with Crippen molar-refractivity contribution in [3.63, 3.8) is 0 Å². The Morgan fingerprint density at radius 1 is 1.12 bits per heavy atom. The molecule has 10 heteroatoms. The maximum absolute atomic E-state index is 13.6. The lowest BCUT2D eigenvalue weighted by molar-refractivity contribution is -0.138. The van der Waals surface area contributed by atoms with Gasteiger partial charge < -0.3 is 39.4 Å². The van der Waals surface area contributed by atoms with Gasteiger partial charge in [0.15, 0.2) is 11.5 Å². The van der Waals surface area contributed by atoms with Crippen molar-refractivity contribution in [1.29, 1.82) is 0 Å². The molecule has 40 heavy (non-hydrogen) atoms. The molecule has 1 aromatic carbocycles. The standard InChI is InChI=1S/C30H40N2O8/c1-3-4-5-6-7-8-25(35)32(16-19-9-12-39-18-19)23-15-22(30(37)31-10-11-33)26-21-13-20(17-34)14-24(38-2)28(21)40-29(26)27(23)36/h9,12-15,18,23,26-27,29,33-34,36H,3-8,10-11,16-17H2,1-2H3,(H,31,37). The van der Waals surface area contributed by atoms with E-state index in [0.717, 1.165) is 37.7 Å². The van der Waals surface area contributed by atoms with Gasteiger partial charge in [-0.15, -0.1) is 0 Å². The van der Waals surface area contributed by atoms with Crippen LogP contribution in [0.15, 0.2) is 46.8 Å². The summed E-state index contributed by atoms with van der Waals surface area (Å²) in [5.74, 6) is -0.462. The first kappa shape index (κ1) is 29.6. The molecule has 4 unspecified atom stereocenters. The SMILES string of the molecule is CCCCCCCC(=O)N(Cc1ccoc1)C1C=C(C(=O)NCCO)C2c3cc(CO)cc(OC)c3OC2C1O. The molecule has 0 radical (unpaired) electrons. The van der Waals surface area contributed by atoms with Crippen LogP contribution in [0.4, 0.5) is 0 Å². The summed E-state index contributed by atoms with van der Waals surface area (Å²) < 4.78 is 17.0. The fourth-order valence-corrected chi connectivity index (χ4v) is 5.58. The number of nitrogens with zero attached hydrogens (tertiary/aromatic N) is 1. The van der Waals surface area contributed by atoms with Crippen molar-refractivity contribution in [3.05, 3.63) is 59.1 Å². The van der Waals surface area contributed by atoms with E-state index in [1.54, 1.807) is 35.4 Å². The molecule has 1 aromatic heterocycles. The molecular formula is C30H40N2O8. The van der Waals surface area contributed by atoms with E-state index >= 15 is 0 Å². The highest BCUT2D eigenvalue weighted by Crippen LogP contribution is 2.51. The molecule has 1 aliphatic carbocycles. The average Bonchev–Trinajstić information content (AvgIpc) is 3.62. The van der Waals surface area contributed by atoms with Gasteiger partial charge in [-0.2, -0.15) is 0 Å². The molecule has 0 fully saturated rings. The van der Waals surface area contributed by atoms with Crippen LogP contribution in [0.3, 0.4) is 0 Å². The molecule has 2 heterocycles. The zero-order valence-electron chi connectivity index (χ0n) is 23.2. The van der Waals surface area contributed by atoms with Gasteiger partial charge in [0.1, 0.15) is 12.2 Å². The third-order valence-corrected chi connectivity index (χ3v) is 7.60. The molecule has 0 saturated heterocycles. The van der Waals surface area contributed by atoms with Gasteiger partial charge >= 0.3 is 0 Å². The van der Waals surface area contributed by atoms with Crippen molar-refractivity contribution in [2.24, 2.45) is 0 Å². The normalized spacial score (nSPS) is 21.2. The Hall–Kier alpha value is -3.34. The summed E-state index contributed by atoms with van der Waals surface area (Å²) in [5, 5.41) is 33.6. The number of carbonyl (C=O) groups is 2. The fraction of sp³-hybridized carbons (Fsp3) is 0.533. The van der Waals surface area contributed by atoms with E-state index < -0.39 is 30.1 Å².